The Morgan fingerprint density at radius 3 is 2.45 bits per heavy atom. The second kappa shape index (κ2) is 3.83. The summed E-state index contributed by atoms with van der Waals surface area (Å²) >= 11 is 0. The summed E-state index contributed by atoms with van der Waals surface area (Å²) < 4.78 is 0. The van der Waals surface area contributed by atoms with Crippen molar-refractivity contribution in [1.82, 2.24) is 9.97 Å². The number of rotatable bonds is 1. The van der Waals surface area contributed by atoms with Crippen molar-refractivity contribution in [3.05, 3.63) is 66.0 Å². The second-order valence-corrected chi connectivity index (χ2v) is 5.84. The van der Waals surface area contributed by atoms with Crippen LogP contribution < -0.4 is 0 Å². The molecule has 1 aromatic heterocycles. The largest absolute Gasteiger partial charge is 0.345 e. The van der Waals surface area contributed by atoms with Gasteiger partial charge < -0.3 is 4.98 Å². The Labute approximate surface area is 118 Å². The fourth-order valence-electron chi connectivity index (χ4n) is 3.46. The summed E-state index contributed by atoms with van der Waals surface area (Å²) in [4.78, 5) is 7.67. The fraction of sp³-hybridized carbons (Fsp3) is 0.167. The van der Waals surface area contributed by atoms with E-state index in [-0.39, 0.29) is 5.41 Å². The Balaban J connectivity index is 2.08. The highest BCUT2D eigenvalue weighted by Crippen LogP contribution is 2.51. The number of aromatic nitrogens is 2. The number of imidazole rings is 1. The minimum absolute atomic E-state index is 0.00924. The predicted octanol–water partition coefficient (Wildman–Crippen LogP) is 4.38. The molecule has 2 heteroatoms. The Morgan fingerprint density at radius 1 is 0.900 bits per heavy atom. The van der Waals surface area contributed by atoms with Gasteiger partial charge in [0.05, 0.1) is 0 Å². The van der Waals surface area contributed by atoms with Crippen LogP contribution in [-0.2, 0) is 5.41 Å². The number of aromatic amines is 1. The van der Waals surface area contributed by atoms with E-state index < -0.39 is 0 Å². The lowest BCUT2D eigenvalue weighted by molar-refractivity contribution is 0.661. The Kier molecular flexibility index (Phi) is 2.19. The van der Waals surface area contributed by atoms with Crippen molar-refractivity contribution < 1.29 is 0 Å². The van der Waals surface area contributed by atoms with Crippen LogP contribution in [-0.4, -0.2) is 9.97 Å². The molecule has 0 radical (unpaired) electrons. The average molecular weight is 260 g/mol. The first-order chi connectivity index (χ1) is 9.69. The summed E-state index contributed by atoms with van der Waals surface area (Å²) in [7, 11) is 0. The van der Waals surface area contributed by atoms with Gasteiger partial charge in [0.1, 0.15) is 5.82 Å². The maximum atomic E-state index is 4.44. The van der Waals surface area contributed by atoms with Crippen molar-refractivity contribution >= 4 is 0 Å². The highest BCUT2D eigenvalue weighted by atomic mass is 14.9. The minimum atomic E-state index is 0.00924. The number of hydrogen-bond donors (Lipinski definition) is 1. The van der Waals surface area contributed by atoms with Gasteiger partial charge in [0.2, 0.25) is 0 Å². The molecule has 0 bridgehead atoms. The molecule has 2 aromatic carbocycles. The third-order valence-corrected chi connectivity index (χ3v) is 4.33. The van der Waals surface area contributed by atoms with E-state index in [0.29, 0.717) is 0 Å². The monoisotopic (exact) mass is 260 g/mol. The number of nitrogens with zero attached hydrogens (tertiary/aromatic N) is 1. The van der Waals surface area contributed by atoms with Crippen LogP contribution in [0.15, 0.2) is 54.9 Å². The standard InChI is InChI=1S/C18H16N2/c1-18(2)15-9-4-3-6-12(15)13-7-5-8-14(16(13)18)17-19-10-11-20-17/h3-11H,1-2H3,(H,19,20). The van der Waals surface area contributed by atoms with Crippen molar-refractivity contribution in [2.75, 3.05) is 0 Å². The number of nitrogens with one attached hydrogen (secondary N) is 1. The summed E-state index contributed by atoms with van der Waals surface area (Å²) in [6.07, 6.45) is 3.69. The molecule has 4 rings (SSSR count). The molecule has 98 valence electrons. The third-order valence-electron chi connectivity index (χ3n) is 4.33. The van der Waals surface area contributed by atoms with Crippen LogP contribution in [0.2, 0.25) is 0 Å². The third kappa shape index (κ3) is 1.36. The second-order valence-electron chi connectivity index (χ2n) is 5.84. The van der Waals surface area contributed by atoms with Crippen LogP contribution in [0.5, 0.6) is 0 Å². The molecule has 0 aliphatic heterocycles. The number of benzene rings is 2. The first-order valence-electron chi connectivity index (χ1n) is 6.93. The van der Waals surface area contributed by atoms with Crippen molar-refractivity contribution in [1.29, 1.82) is 0 Å². The van der Waals surface area contributed by atoms with Crippen LogP contribution in [0.1, 0.15) is 25.0 Å². The van der Waals surface area contributed by atoms with Crippen molar-refractivity contribution in [3.63, 3.8) is 0 Å². The summed E-state index contributed by atoms with van der Waals surface area (Å²) in [6.45, 7) is 4.59. The molecule has 0 amide bonds. The molecule has 0 unspecified atom stereocenters. The highest BCUT2D eigenvalue weighted by Gasteiger charge is 2.37. The van der Waals surface area contributed by atoms with Crippen LogP contribution >= 0.6 is 0 Å². The zero-order valence-corrected chi connectivity index (χ0v) is 11.6. The molecule has 1 N–H and O–H groups in total. The quantitative estimate of drug-likeness (QED) is 0.691. The van der Waals surface area contributed by atoms with Crippen LogP contribution in [0.4, 0.5) is 0 Å². The van der Waals surface area contributed by atoms with Crippen molar-refractivity contribution in [2.24, 2.45) is 0 Å². The molecule has 0 fully saturated rings. The Bertz CT molecular complexity index is 783. The van der Waals surface area contributed by atoms with Gasteiger partial charge in [-0.05, 0) is 22.3 Å². The summed E-state index contributed by atoms with van der Waals surface area (Å²) in [5.74, 6) is 0.947. The molecule has 1 aliphatic carbocycles. The minimum Gasteiger partial charge on any atom is -0.345 e. The molecular formula is C18H16N2. The highest BCUT2D eigenvalue weighted by molar-refractivity contribution is 5.86. The Hall–Kier alpha value is -2.35. The topological polar surface area (TPSA) is 28.7 Å². The predicted molar refractivity (Wildman–Crippen MR) is 81.6 cm³/mol. The smallest absolute Gasteiger partial charge is 0.137 e. The molecule has 3 aromatic rings. The van der Waals surface area contributed by atoms with Crippen LogP contribution in [0.25, 0.3) is 22.5 Å². The average Bonchev–Trinajstić information content (AvgIpc) is 3.07. The molecule has 20 heavy (non-hydrogen) atoms. The fourth-order valence-corrected chi connectivity index (χ4v) is 3.46. The number of H-pyrrole nitrogens is 1. The van der Waals surface area contributed by atoms with Gasteiger partial charge >= 0.3 is 0 Å². The maximum absolute atomic E-state index is 4.44. The molecular weight excluding hydrogens is 244 g/mol. The SMILES string of the molecule is CC1(C)c2ccccc2-c2cccc(-c3ncc[nH]3)c21. The summed E-state index contributed by atoms with van der Waals surface area (Å²) in [5.41, 5.74) is 6.66. The van der Waals surface area contributed by atoms with E-state index in [1.807, 2.05) is 12.4 Å². The zero-order valence-electron chi connectivity index (χ0n) is 11.6. The molecule has 0 saturated heterocycles. The Morgan fingerprint density at radius 2 is 1.65 bits per heavy atom. The van der Waals surface area contributed by atoms with E-state index in [0.717, 1.165) is 5.82 Å². The summed E-state index contributed by atoms with van der Waals surface area (Å²) in [5, 5.41) is 0. The number of hydrogen-bond acceptors (Lipinski definition) is 1. The lowest BCUT2D eigenvalue weighted by atomic mass is 9.80. The molecule has 0 atom stereocenters. The van der Waals surface area contributed by atoms with Gasteiger partial charge in [0.25, 0.3) is 0 Å². The first-order valence-corrected chi connectivity index (χ1v) is 6.93. The van der Waals surface area contributed by atoms with Gasteiger partial charge in [0, 0.05) is 23.4 Å². The normalized spacial score (nSPS) is 14.9. The van der Waals surface area contributed by atoms with Gasteiger partial charge in [-0.2, -0.15) is 0 Å². The van der Waals surface area contributed by atoms with Gasteiger partial charge in [-0.25, -0.2) is 4.98 Å². The van der Waals surface area contributed by atoms with Crippen molar-refractivity contribution in [2.45, 2.75) is 19.3 Å². The van der Waals surface area contributed by atoms with E-state index in [4.69, 9.17) is 0 Å². The van der Waals surface area contributed by atoms with E-state index in [2.05, 4.69) is 66.3 Å². The van der Waals surface area contributed by atoms with Gasteiger partial charge in [-0.1, -0.05) is 56.3 Å². The molecule has 0 saturated carbocycles. The zero-order chi connectivity index (χ0) is 13.7. The van der Waals surface area contributed by atoms with Crippen LogP contribution in [0, 0.1) is 0 Å². The van der Waals surface area contributed by atoms with E-state index in [9.17, 15) is 0 Å². The molecule has 0 spiro atoms. The lowest BCUT2D eigenvalue weighted by Crippen LogP contribution is -2.16. The van der Waals surface area contributed by atoms with Gasteiger partial charge in [-0.3, -0.25) is 0 Å². The van der Waals surface area contributed by atoms with E-state index >= 15 is 0 Å². The first kappa shape index (κ1) is 11.5. The molecule has 1 aliphatic rings. The van der Waals surface area contributed by atoms with E-state index in [1.165, 1.54) is 27.8 Å². The van der Waals surface area contributed by atoms with Crippen molar-refractivity contribution in [3.8, 4) is 22.5 Å². The van der Waals surface area contributed by atoms with Crippen LogP contribution in [0.3, 0.4) is 0 Å². The number of fused-ring (bicyclic) bond motifs is 3. The van der Waals surface area contributed by atoms with Gasteiger partial charge in [-0.15, -0.1) is 0 Å². The maximum Gasteiger partial charge on any atom is 0.137 e. The molecule has 2 nitrogen and oxygen atoms in total. The lowest BCUT2D eigenvalue weighted by Gasteiger charge is -2.23. The van der Waals surface area contributed by atoms with Gasteiger partial charge in [0.15, 0.2) is 0 Å². The van der Waals surface area contributed by atoms with E-state index in [1.54, 1.807) is 0 Å². The molecule has 1 heterocycles. The summed E-state index contributed by atoms with van der Waals surface area (Å²) in [6, 6.07) is 15.2.